The highest BCUT2D eigenvalue weighted by molar-refractivity contribution is 7.80. The fourth-order valence-electron chi connectivity index (χ4n) is 3.64. The summed E-state index contributed by atoms with van der Waals surface area (Å²) in [5.41, 5.74) is 2.20. The zero-order valence-corrected chi connectivity index (χ0v) is 17.5. The Morgan fingerprint density at radius 1 is 1.00 bits per heavy atom. The summed E-state index contributed by atoms with van der Waals surface area (Å²) in [5, 5.41) is 6.11. The summed E-state index contributed by atoms with van der Waals surface area (Å²) < 4.78 is 0. The van der Waals surface area contributed by atoms with E-state index in [0.29, 0.717) is 17.2 Å². The number of carbonyl (C=O) groups excluding carboxylic acids is 2. The van der Waals surface area contributed by atoms with Crippen LogP contribution in [0.25, 0.3) is 0 Å². The molecular weight excluding hydrogens is 382 g/mol. The summed E-state index contributed by atoms with van der Waals surface area (Å²) in [6, 6.07) is 16.7. The molecule has 0 unspecified atom stereocenters. The largest absolute Gasteiger partial charge is 0.332 e. The lowest BCUT2D eigenvalue weighted by Gasteiger charge is -2.22. The molecule has 152 valence electrons. The molecule has 0 spiro atoms. The first-order valence-corrected chi connectivity index (χ1v) is 10.6. The topological polar surface area (TPSA) is 61.4 Å². The van der Waals surface area contributed by atoms with Crippen molar-refractivity contribution < 1.29 is 9.59 Å². The lowest BCUT2D eigenvalue weighted by atomic mass is 9.89. The minimum absolute atomic E-state index is 0.00422. The number of hydrogen-bond acceptors (Lipinski definition) is 3. The molecule has 2 aromatic carbocycles. The Labute approximate surface area is 177 Å². The van der Waals surface area contributed by atoms with Crippen LogP contribution in [0.3, 0.4) is 0 Å². The molecule has 1 aliphatic rings. The Morgan fingerprint density at radius 3 is 2.28 bits per heavy atom. The molecule has 0 aliphatic heterocycles. The second kappa shape index (κ2) is 10.2. The third-order valence-corrected chi connectivity index (χ3v) is 5.44. The molecule has 2 aromatic rings. The molecule has 2 N–H and O–H groups in total. The van der Waals surface area contributed by atoms with Crippen LogP contribution in [0.1, 0.15) is 49.4 Å². The SMILES string of the molecule is CCN(C(=O)c1ccc(NC(=S)NC(=O)C2CCCCC2)cc1)c1ccccc1. The Balaban J connectivity index is 1.58. The first kappa shape index (κ1) is 21.0. The highest BCUT2D eigenvalue weighted by Crippen LogP contribution is 2.23. The van der Waals surface area contributed by atoms with Gasteiger partial charge in [-0.3, -0.25) is 9.59 Å². The van der Waals surface area contributed by atoms with Gasteiger partial charge < -0.3 is 15.5 Å². The summed E-state index contributed by atoms with van der Waals surface area (Å²) in [6.45, 7) is 2.54. The van der Waals surface area contributed by atoms with E-state index in [-0.39, 0.29) is 17.7 Å². The molecule has 0 saturated heterocycles. The molecule has 0 atom stereocenters. The van der Waals surface area contributed by atoms with Crippen molar-refractivity contribution in [1.82, 2.24) is 5.32 Å². The Hall–Kier alpha value is -2.73. The van der Waals surface area contributed by atoms with Crippen LogP contribution in [0.15, 0.2) is 54.6 Å². The normalized spacial score (nSPS) is 14.1. The van der Waals surface area contributed by atoms with Gasteiger partial charge in [-0.25, -0.2) is 0 Å². The lowest BCUT2D eigenvalue weighted by Crippen LogP contribution is -2.39. The van der Waals surface area contributed by atoms with Crippen LogP contribution in [0.4, 0.5) is 11.4 Å². The minimum Gasteiger partial charge on any atom is -0.332 e. The van der Waals surface area contributed by atoms with Gasteiger partial charge in [-0.2, -0.15) is 0 Å². The van der Waals surface area contributed by atoms with Crippen molar-refractivity contribution in [1.29, 1.82) is 0 Å². The summed E-state index contributed by atoms with van der Waals surface area (Å²) in [4.78, 5) is 26.9. The monoisotopic (exact) mass is 409 g/mol. The van der Waals surface area contributed by atoms with Gasteiger partial charge in [0.1, 0.15) is 0 Å². The van der Waals surface area contributed by atoms with Crippen molar-refractivity contribution >= 4 is 40.5 Å². The quantitative estimate of drug-likeness (QED) is 0.700. The smallest absolute Gasteiger partial charge is 0.258 e. The van der Waals surface area contributed by atoms with Gasteiger partial charge in [0.05, 0.1) is 0 Å². The van der Waals surface area contributed by atoms with E-state index in [2.05, 4.69) is 10.6 Å². The van der Waals surface area contributed by atoms with Gasteiger partial charge in [0.2, 0.25) is 5.91 Å². The molecule has 0 heterocycles. The van der Waals surface area contributed by atoms with Gasteiger partial charge >= 0.3 is 0 Å². The third-order valence-electron chi connectivity index (χ3n) is 5.23. The van der Waals surface area contributed by atoms with Gasteiger partial charge in [0, 0.05) is 29.4 Å². The summed E-state index contributed by atoms with van der Waals surface area (Å²) >= 11 is 5.27. The van der Waals surface area contributed by atoms with E-state index in [1.54, 1.807) is 29.2 Å². The highest BCUT2D eigenvalue weighted by atomic mass is 32.1. The van der Waals surface area contributed by atoms with Gasteiger partial charge in [0.15, 0.2) is 5.11 Å². The standard InChI is InChI=1S/C23H27N3O2S/c1-2-26(20-11-7-4-8-12-20)22(28)18-13-15-19(16-14-18)24-23(29)25-21(27)17-9-5-3-6-10-17/h4,7-8,11-17H,2-3,5-6,9-10H2,1H3,(H2,24,25,27,29). The van der Waals surface area contributed by atoms with Crippen molar-refractivity contribution in [2.75, 3.05) is 16.8 Å². The molecule has 6 heteroatoms. The fraction of sp³-hybridized carbons (Fsp3) is 0.348. The second-order valence-corrected chi connectivity index (χ2v) is 7.65. The molecule has 0 bridgehead atoms. The first-order valence-electron chi connectivity index (χ1n) is 10.2. The average molecular weight is 410 g/mol. The van der Waals surface area contributed by atoms with Crippen molar-refractivity contribution in [3.63, 3.8) is 0 Å². The van der Waals surface area contributed by atoms with E-state index in [9.17, 15) is 9.59 Å². The molecule has 3 rings (SSSR count). The number of thiocarbonyl (C=S) groups is 1. The Kier molecular flexibility index (Phi) is 7.36. The van der Waals surface area contributed by atoms with Crippen molar-refractivity contribution in [3.05, 3.63) is 60.2 Å². The van der Waals surface area contributed by atoms with Crippen LogP contribution in [0, 0.1) is 5.92 Å². The van der Waals surface area contributed by atoms with Crippen LogP contribution in [0.5, 0.6) is 0 Å². The van der Waals surface area contributed by atoms with E-state index < -0.39 is 0 Å². The number of nitrogens with one attached hydrogen (secondary N) is 2. The highest BCUT2D eigenvalue weighted by Gasteiger charge is 2.21. The molecule has 0 radical (unpaired) electrons. The Morgan fingerprint density at radius 2 is 1.66 bits per heavy atom. The maximum absolute atomic E-state index is 12.9. The first-order chi connectivity index (χ1) is 14.1. The second-order valence-electron chi connectivity index (χ2n) is 7.24. The fourth-order valence-corrected chi connectivity index (χ4v) is 3.86. The van der Waals surface area contributed by atoms with Gasteiger partial charge in [0.25, 0.3) is 5.91 Å². The summed E-state index contributed by atoms with van der Waals surface area (Å²) in [7, 11) is 0. The predicted molar refractivity (Wildman–Crippen MR) is 121 cm³/mol. The predicted octanol–water partition coefficient (Wildman–Crippen LogP) is 4.75. The van der Waals surface area contributed by atoms with Crippen LogP contribution >= 0.6 is 12.2 Å². The maximum Gasteiger partial charge on any atom is 0.258 e. The molecule has 0 aromatic heterocycles. The molecule has 5 nitrogen and oxygen atoms in total. The number of hydrogen-bond donors (Lipinski definition) is 2. The van der Waals surface area contributed by atoms with E-state index >= 15 is 0 Å². The zero-order valence-electron chi connectivity index (χ0n) is 16.7. The van der Waals surface area contributed by atoms with E-state index in [1.807, 2.05) is 37.3 Å². The van der Waals surface area contributed by atoms with E-state index in [4.69, 9.17) is 12.2 Å². The lowest BCUT2D eigenvalue weighted by molar-refractivity contribution is -0.124. The molecule has 1 fully saturated rings. The zero-order chi connectivity index (χ0) is 20.6. The maximum atomic E-state index is 12.9. The number of anilines is 2. The number of para-hydroxylation sites is 1. The minimum atomic E-state index is -0.0570. The number of amides is 2. The van der Waals surface area contributed by atoms with Gasteiger partial charge in [-0.15, -0.1) is 0 Å². The van der Waals surface area contributed by atoms with Crippen LogP contribution < -0.4 is 15.5 Å². The van der Waals surface area contributed by atoms with Crippen LogP contribution in [-0.2, 0) is 4.79 Å². The van der Waals surface area contributed by atoms with E-state index in [0.717, 1.165) is 37.1 Å². The third kappa shape index (κ3) is 5.64. The number of benzene rings is 2. The summed E-state index contributed by atoms with van der Waals surface area (Å²) in [5.74, 6) is -0.00427. The number of rotatable bonds is 5. The van der Waals surface area contributed by atoms with Crippen molar-refractivity contribution in [2.45, 2.75) is 39.0 Å². The summed E-state index contributed by atoms with van der Waals surface area (Å²) in [6.07, 6.45) is 5.27. The van der Waals surface area contributed by atoms with Crippen LogP contribution in [0.2, 0.25) is 0 Å². The van der Waals surface area contributed by atoms with E-state index in [1.165, 1.54) is 6.42 Å². The molecule has 2 amide bonds. The van der Waals surface area contributed by atoms with Crippen molar-refractivity contribution in [2.24, 2.45) is 5.92 Å². The average Bonchev–Trinajstić information content (AvgIpc) is 2.76. The number of carbonyl (C=O) groups is 2. The van der Waals surface area contributed by atoms with Crippen LogP contribution in [-0.4, -0.2) is 23.5 Å². The molecular formula is C23H27N3O2S. The van der Waals surface area contributed by atoms with Crippen molar-refractivity contribution in [3.8, 4) is 0 Å². The van der Waals surface area contributed by atoms with Gasteiger partial charge in [-0.05, 0) is 68.4 Å². The van der Waals surface area contributed by atoms with Gasteiger partial charge in [-0.1, -0.05) is 37.5 Å². The molecule has 29 heavy (non-hydrogen) atoms. The molecule has 1 saturated carbocycles. The molecule has 1 aliphatic carbocycles. The Bertz CT molecular complexity index is 846. The number of nitrogens with zero attached hydrogens (tertiary/aromatic N) is 1.